The van der Waals surface area contributed by atoms with Crippen LogP contribution in [-0.2, 0) is 5.54 Å². The van der Waals surface area contributed by atoms with Crippen LogP contribution in [0.3, 0.4) is 0 Å². The Hall–Kier alpha value is -1.78. The van der Waals surface area contributed by atoms with Crippen LogP contribution in [-0.4, -0.2) is 0 Å². The maximum atomic E-state index is 13.2. The molecule has 0 aromatic heterocycles. The lowest BCUT2D eigenvalue weighted by molar-refractivity contribution is 0.406. The first-order chi connectivity index (χ1) is 9.38. The van der Waals surface area contributed by atoms with E-state index < -0.39 is 5.54 Å². The Labute approximate surface area is 117 Å². The molecule has 0 saturated heterocycles. The van der Waals surface area contributed by atoms with Gasteiger partial charge in [0.05, 0.1) is 0 Å². The second-order valence-corrected chi connectivity index (χ2v) is 5.29. The summed E-state index contributed by atoms with van der Waals surface area (Å²) < 4.78 is 26.1. The highest BCUT2D eigenvalue weighted by Crippen LogP contribution is 2.28. The molecule has 0 spiro atoms. The molecule has 2 unspecified atom stereocenters. The molecule has 20 heavy (non-hydrogen) atoms. The van der Waals surface area contributed by atoms with Crippen LogP contribution in [0.1, 0.15) is 30.5 Å². The van der Waals surface area contributed by atoms with Crippen LogP contribution in [0.4, 0.5) is 8.78 Å². The first-order valence-corrected chi connectivity index (χ1v) is 6.44. The van der Waals surface area contributed by atoms with Crippen LogP contribution in [0.2, 0.25) is 0 Å². The zero-order valence-electron chi connectivity index (χ0n) is 11.3. The van der Waals surface area contributed by atoms with Crippen LogP contribution < -0.4 is 11.5 Å². The number of rotatable bonds is 4. The summed E-state index contributed by atoms with van der Waals surface area (Å²) in [6.45, 7) is 1.83. The van der Waals surface area contributed by atoms with Gasteiger partial charge in [0.15, 0.2) is 0 Å². The van der Waals surface area contributed by atoms with Crippen molar-refractivity contribution in [2.24, 2.45) is 11.5 Å². The molecular weight excluding hydrogens is 258 g/mol. The summed E-state index contributed by atoms with van der Waals surface area (Å²) in [5.74, 6) is -0.627. The van der Waals surface area contributed by atoms with E-state index in [0.29, 0.717) is 12.0 Å². The largest absolute Gasteiger partial charge is 0.324 e. The van der Waals surface area contributed by atoms with Gasteiger partial charge in [-0.25, -0.2) is 8.78 Å². The first-order valence-electron chi connectivity index (χ1n) is 6.44. The van der Waals surface area contributed by atoms with Crippen LogP contribution in [0, 0.1) is 11.6 Å². The van der Waals surface area contributed by atoms with Gasteiger partial charge in [0, 0.05) is 11.6 Å². The predicted molar refractivity (Wildman–Crippen MR) is 75.9 cm³/mol. The molecule has 2 aromatic rings. The molecule has 106 valence electrons. The van der Waals surface area contributed by atoms with E-state index in [1.54, 1.807) is 24.3 Å². The highest BCUT2D eigenvalue weighted by atomic mass is 19.1. The van der Waals surface area contributed by atoms with Gasteiger partial charge in [-0.05, 0) is 48.7 Å². The summed E-state index contributed by atoms with van der Waals surface area (Å²) in [6.07, 6.45) is 0.433. The third-order valence-electron chi connectivity index (χ3n) is 3.42. The Balaban J connectivity index is 2.17. The summed E-state index contributed by atoms with van der Waals surface area (Å²) in [4.78, 5) is 0. The molecule has 0 fully saturated rings. The quantitative estimate of drug-likeness (QED) is 0.900. The van der Waals surface area contributed by atoms with Crippen molar-refractivity contribution >= 4 is 0 Å². The van der Waals surface area contributed by atoms with E-state index in [1.807, 2.05) is 6.92 Å². The summed E-state index contributed by atoms with van der Waals surface area (Å²) in [5.41, 5.74) is 13.2. The molecule has 0 aliphatic carbocycles. The van der Waals surface area contributed by atoms with Crippen molar-refractivity contribution in [3.8, 4) is 0 Å². The van der Waals surface area contributed by atoms with Crippen LogP contribution in [0.25, 0.3) is 0 Å². The molecule has 2 aromatic carbocycles. The van der Waals surface area contributed by atoms with Gasteiger partial charge in [-0.15, -0.1) is 0 Å². The van der Waals surface area contributed by atoms with Crippen LogP contribution in [0.15, 0.2) is 48.5 Å². The van der Waals surface area contributed by atoms with Gasteiger partial charge in [0.25, 0.3) is 0 Å². The average molecular weight is 276 g/mol. The normalized spacial score (nSPS) is 15.7. The topological polar surface area (TPSA) is 52.0 Å². The van der Waals surface area contributed by atoms with Crippen LogP contribution in [0.5, 0.6) is 0 Å². The number of hydrogen-bond acceptors (Lipinski definition) is 2. The summed E-state index contributed by atoms with van der Waals surface area (Å²) in [7, 11) is 0. The van der Waals surface area contributed by atoms with Crippen molar-refractivity contribution < 1.29 is 8.78 Å². The molecule has 0 aliphatic heterocycles. The van der Waals surface area contributed by atoms with E-state index >= 15 is 0 Å². The average Bonchev–Trinajstić information content (AvgIpc) is 2.38. The van der Waals surface area contributed by atoms with E-state index in [2.05, 4.69) is 0 Å². The van der Waals surface area contributed by atoms with E-state index in [4.69, 9.17) is 11.5 Å². The molecule has 0 heterocycles. The van der Waals surface area contributed by atoms with Crippen molar-refractivity contribution in [3.05, 3.63) is 71.3 Å². The van der Waals surface area contributed by atoms with Gasteiger partial charge in [-0.1, -0.05) is 24.3 Å². The molecule has 0 amide bonds. The second-order valence-electron chi connectivity index (χ2n) is 5.29. The zero-order chi connectivity index (χ0) is 14.8. The minimum absolute atomic E-state index is 0.307. The third-order valence-corrected chi connectivity index (χ3v) is 3.42. The Morgan fingerprint density at radius 2 is 1.70 bits per heavy atom. The van der Waals surface area contributed by atoms with Gasteiger partial charge < -0.3 is 11.5 Å². The van der Waals surface area contributed by atoms with Gasteiger partial charge in [-0.3, -0.25) is 0 Å². The smallest absolute Gasteiger partial charge is 0.123 e. The van der Waals surface area contributed by atoms with Crippen LogP contribution >= 0.6 is 0 Å². The minimum Gasteiger partial charge on any atom is -0.324 e. The van der Waals surface area contributed by atoms with Gasteiger partial charge in [0.2, 0.25) is 0 Å². The number of hydrogen-bond donors (Lipinski definition) is 2. The molecular formula is C16H18F2N2. The highest BCUT2D eigenvalue weighted by Gasteiger charge is 2.25. The zero-order valence-corrected chi connectivity index (χ0v) is 11.3. The predicted octanol–water partition coefficient (Wildman–Crippen LogP) is 3.23. The second kappa shape index (κ2) is 5.69. The molecule has 0 aliphatic rings. The lowest BCUT2D eigenvalue weighted by Gasteiger charge is -2.28. The molecule has 2 rings (SSSR count). The van der Waals surface area contributed by atoms with Crippen molar-refractivity contribution in [2.75, 3.05) is 0 Å². The fourth-order valence-corrected chi connectivity index (χ4v) is 2.26. The summed E-state index contributed by atoms with van der Waals surface area (Å²) in [5, 5.41) is 0. The SMILES string of the molecule is CC(N)(CC(N)c1cccc(F)c1)c1ccc(F)cc1. The maximum absolute atomic E-state index is 13.2. The van der Waals surface area contributed by atoms with Gasteiger partial charge >= 0.3 is 0 Å². The Morgan fingerprint density at radius 1 is 1.05 bits per heavy atom. The summed E-state index contributed by atoms with van der Waals surface area (Å²) >= 11 is 0. The fraction of sp³-hybridized carbons (Fsp3) is 0.250. The molecule has 0 radical (unpaired) electrons. The van der Waals surface area contributed by atoms with E-state index in [1.165, 1.54) is 24.3 Å². The molecule has 0 bridgehead atoms. The lowest BCUT2D eigenvalue weighted by atomic mass is 9.85. The maximum Gasteiger partial charge on any atom is 0.123 e. The molecule has 2 nitrogen and oxygen atoms in total. The molecule has 2 atom stereocenters. The number of nitrogens with two attached hydrogens (primary N) is 2. The van der Waals surface area contributed by atoms with Crippen molar-refractivity contribution in [1.82, 2.24) is 0 Å². The fourth-order valence-electron chi connectivity index (χ4n) is 2.26. The number of halogens is 2. The standard InChI is InChI=1S/C16H18F2N2/c1-16(20,12-5-7-13(17)8-6-12)10-15(19)11-3-2-4-14(18)9-11/h2-9,15H,10,19-20H2,1H3. The van der Waals surface area contributed by atoms with Crippen molar-refractivity contribution in [3.63, 3.8) is 0 Å². The van der Waals surface area contributed by atoms with Gasteiger partial charge in [0.1, 0.15) is 11.6 Å². The minimum atomic E-state index is -0.709. The molecule has 4 heteroatoms. The van der Waals surface area contributed by atoms with E-state index in [-0.39, 0.29) is 17.7 Å². The van der Waals surface area contributed by atoms with Crippen molar-refractivity contribution in [1.29, 1.82) is 0 Å². The Bertz CT molecular complexity index is 579. The van der Waals surface area contributed by atoms with Gasteiger partial charge in [-0.2, -0.15) is 0 Å². The molecule has 4 N–H and O–H groups in total. The Kier molecular flexibility index (Phi) is 4.16. The monoisotopic (exact) mass is 276 g/mol. The van der Waals surface area contributed by atoms with Crippen molar-refractivity contribution in [2.45, 2.75) is 24.9 Å². The number of benzene rings is 2. The highest BCUT2D eigenvalue weighted by molar-refractivity contribution is 5.26. The summed E-state index contributed by atoms with van der Waals surface area (Å²) in [6, 6.07) is 11.8. The van der Waals surface area contributed by atoms with E-state index in [0.717, 1.165) is 5.56 Å². The first kappa shape index (κ1) is 14.6. The van der Waals surface area contributed by atoms with E-state index in [9.17, 15) is 8.78 Å². The third kappa shape index (κ3) is 3.40. The Morgan fingerprint density at radius 3 is 2.30 bits per heavy atom. The molecule has 0 saturated carbocycles. The lowest BCUT2D eigenvalue weighted by Crippen LogP contribution is -2.36.